The number of rotatable bonds is 9. The summed E-state index contributed by atoms with van der Waals surface area (Å²) in [7, 11) is 0. The first-order valence-corrected chi connectivity index (χ1v) is 21.6. The number of piperidine rings is 2. The topological polar surface area (TPSA) is 159 Å². The lowest BCUT2D eigenvalue weighted by atomic mass is 9.71. The number of fused-ring (bicyclic) bond motifs is 1. The van der Waals surface area contributed by atoms with Crippen molar-refractivity contribution in [2.24, 2.45) is 0 Å². The zero-order chi connectivity index (χ0) is 42.6. The van der Waals surface area contributed by atoms with Gasteiger partial charge in [0.15, 0.2) is 5.65 Å². The molecule has 2 saturated heterocycles. The fourth-order valence-electron chi connectivity index (χ4n) is 9.46. The maximum Gasteiger partial charge on any atom is 0.293 e. The molecule has 61 heavy (non-hydrogen) atoms. The van der Waals surface area contributed by atoms with Crippen molar-refractivity contribution < 1.29 is 18.9 Å². The number of H-pyrrole nitrogens is 1. The van der Waals surface area contributed by atoms with Crippen LogP contribution in [0.5, 0.6) is 0 Å². The minimum absolute atomic E-state index is 0.0247. The van der Waals surface area contributed by atoms with Crippen molar-refractivity contribution in [3.8, 4) is 22.4 Å². The molecule has 0 spiro atoms. The Bertz CT molecular complexity index is 2610. The third-order valence-corrected chi connectivity index (χ3v) is 13.5. The highest BCUT2D eigenvalue weighted by Crippen LogP contribution is 2.44. The lowest BCUT2D eigenvalue weighted by Gasteiger charge is -2.48. The maximum absolute atomic E-state index is 13.0. The molecular formula is C49H54N8O4. The number of nitrogens with one attached hydrogen (secondary N) is 3. The molecule has 3 aromatic carbocycles. The molecule has 6 aromatic rings. The van der Waals surface area contributed by atoms with Gasteiger partial charge < -0.3 is 14.7 Å². The Morgan fingerprint density at radius 1 is 0.934 bits per heavy atom. The number of amides is 3. The molecule has 1 aliphatic carbocycles. The number of hydrogen-bond donors (Lipinski definition) is 3. The van der Waals surface area contributed by atoms with Crippen LogP contribution >= 0.6 is 0 Å². The molecule has 3 fully saturated rings. The average Bonchev–Trinajstić information content (AvgIpc) is 3.90. The highest BCUT2D eigenvalue weighted by Gasteiger charge is 2.39. The number of aromatic amines is 1. The first kappa shape index (κ1) is 40.4. The maximum atomic E-state index is 13.0. The van der Waals surface area contributed by atoms with E-state index in [0.717, 1.165) is 76.0 Å². The normalized spacial score (nSPS) is 21.2. The Morgan fingerprint density at radius 2 is 1.64 bits per heavy atom. The van der Waals surface area contributed by atoms with Crippen molar-refractivity contribution in [3.63, 3.8) is 0 Å². The fourth-order valence-corrected chi connectivity index (χ4v) is 9.46. The van der Waals surface area contributed by atoms with Gasteiger partial charge in [-0.05, 0) is 116 Å². The minimum Gasteiger partial charge on any atom is -0.343 e. The van der Waals surface area contributed by atoms with Gasteiger partial charge >= 0.3 is 0 Å². The van der Waals surface area contributed by atoms with Crippen molar-refractivity contribution in [2.45, 2.75) is 115 Å². The molecule has 5 heterocycles. The van der Waals surface area contributed by atoms with Crippen LogP contribution in [0, 0.1) is 6.92 Å². The first-order chi connectivity index (χ1) is 29.2. The summed E-state index contributed by atoms with van der Waals surface area (Å²) in [5.41, 5.74) is 10.2. The monoisotopic (exact) mass is 818 g/mol. The molecule has 9 rings (SSSR count). The highest BCUT2D eigenvalue weighted by atomic mass is 16.5. The van der Waals surface area contributed by atoms with Gasteiger partial charge in [0.2, 0.25) is 17.7 Å². The second-order valence-electron chi connectivity index (χ2n) is 18.8. The van der Waals surface area contributed by atoms with Gasteiger partial charge in [-0.2, -0.15) is 10.1 Å². The van der Waals surface area contributed by atoms with Gasteiger partial charge in [-0.15, -0.1) is 0 Å². The van der Waals surface area contributed by atoms with Crippen LogP contribution in [0.25, 0.3) is 33.4 Å². The summed E-state index contributed by atoms with van der Waals surface area (Å²) >= 11 is 0. The van der Waals surface area contributed by atoms with Crippen LogP contribution < -0.4 is 10.6 Å². The van der Waals surface area contributed by atoms with E-state index in [9.17, 15) is 14.4 Å². The lowest BCUT2D eigenvalue weighted by molar-refractivity contribution is -0.134. The van der Waals surface area contributed by atoms with Crippen molar-refractivity contribution in [2.75, 3.05) is 13.1 Å². The molecule has 12 nitrogen and oxygen atoms in total. The third kappa shape index (κ3) is 8.01. The van der Waals surface area contributed by atoms with E-state index in [4.69, 9.17) is 9.51 Å². The summed E-state index contributed by atoms with van der Waals surface area (Å²) in [6, 6.07) is 26.3. The van der Waals surface area contributed by atoms with Gasteiger partial charge in [-0.3, -0.25) is 24.8 Å². The van der Waals surface area contributed by atoms with Crippen LogP contribution in [0.1, 0.15) is 135 Å². The summed E-state index contributed by atoms with van der Waals surface area (Å²) < 4.78 is 5.32. The molecule has 3 N–H and O–H groups in total. The Hall–Kier alpha value is -6.01. The van der Waals surface area contributed by atoms with Crippen molar-refractivity contribution >= 4 is 28.8 Å². The van der Waals surface area contributed by atoms with Crippen LogP contribution in [0.15, 0.2) is 83.5 Å². The quantitative estimate of drug-likeness (QED) is 0.122. The average molecular weight is 819 g/mol. The molecule has 3 amide bonds. The molecular weight excluding hydrogens is 765 g/mol. The molecule has 2 atom stereocenters. The molecule has 12 heteroatoms. The second kappa shape index (κ2) is 15.8. The zero-order valence-corrected chi connectivity index (χ0v) is 35.8. The molecule has 3 aromatic heterocycles. The SMILES string of the molecule is Cc1cc(-c2n[nH]c3ncc(-c4ccc(C5(C)CCN(C6CC(c7ccc(C8CCC(=O)NC8=O)cc7)C6)CC5)cc4)cc23)ccc1C(C)NC(=O)c1noc(C(C)(C)C)n1. The van der Waals surface area contributed by atoms with Crippen LogP contribution in [-0.2, 0) is 20.4 Å². The van der Waals surface area contributed by atoms with Gasteiger partial charge in [-0.25, -0.2) is 4.98 Å². The summed E-state index contributed by atoms with van der Waals surface area (Å²) in [4.78, 5) is 48.6. The first-order valence-electron chi connectivity index (χ1n) is 21.6. The number of nitrogens with zero attached hydrogens (tertiary/aromatic N) is 5. The summed E-state index contributed by atoms with van der Waals surface area (Å²) in [5, 5.41) is 18.1. The molecule has 0 radical (unpaired) electrons. The lowest BCUT2D eigenvalue weighted by Crippen LogP contribution is -2.50. The number of aromatic nitrogens is 5. The smallest absolute Gasteiger partial charge is 0.293 e. The number of imide groups is 1. The Labute approximate surface area is 356 Å². The number of benzene rings is 3. The molecule has 2 unspecified atom stereocenters. The van der Waals surface area contributed by atoms with Gasteiger partial charge in [-0.1, -0.05) is 93.5 Å². The van der Waals surface area contributed by atoms with Crippen LogP contribution in [0.4, 0.5) is 0 Å². The van der Waals surface area contributed by atoms with E-state index in [2.05, 4.69) is 103 Å². The predicted molar refractivity (Wildman–Crippen MR) is 234 cm³/mol. The fraction of sp³-hybridized carbons (Fsp3) is 0.408. The second-order valence-corrected chi connectivity index (χ2v) is 18.8. The Morgan fingerprint density at radius 3 is 2.31 bits per heavy atom. The van der Waals surface area contributed by atoms with E-state index in [0.29, 0.717) is 30.7 Å². The number of pyridine rings is 1. The summed E-state index contributed by atoms with van der Waals surface area (Å²) in [5.74, 6) is 0.0395. The molecule has 0 bridgehead atoms. The third-order valence-electron chi connectivity index (χ3n) is 13.5. The van der Waals surface area contributed by atoms with Gasteiger partial charge in [0, 0.05) is 40.6 Å². The van der Waals surface area contributed by atoms with Gasteiger partial charge in [0.05, 0.1) is 12.0 Å². The van der Waals surface area contributed by atoms with E-state index < -0.39 is 0 Å². The molecule has 314 valence electrons. The number of carbonyl (C=O) groups is 3. The van der Waals surface area contributed by atoms with Crippen LogP contribution in [-0.4, -0.2) is 67.1 Å². The van der Waals surface area contributed by atoms with Crippen LogP contribution in [0.3, 0.4) is 0 Å². The van der Waals surface area contributed by atoms with E-state index in [-0.39, 0.29) is 46.3 Å². The van der Waals surface area contributed by atoms with Gasteiger partial charge in [0.1, 0.15) is 5.69 Å². The van der Waals surface area contributed by atoms with Crippen molar-refractivity contribution in [1.29, 1.82) is 0 Å². The molecule has 2 aliphatic heterocycles. The van der Waals surface area contributed by atoms with E-state index >= 15 is 0 Å². The number of likely N-dealkylation sites (tertiary alicyclic amines) is 1. The number of aryl methyl sites for hydroxylation is 1. The predicted octanol–water partition coefficient (Wildman–Crippen LogP) is 8.59. The summed E-state index contributed by atoms with van der Waals surface area (Å²) in [6.07, 6.45) is 7.49. The van der Waals surface area contributed by atoms with E-state index in [1.165, 1.54) is 24.0 Å². The molecule has 1 saturated carbocycles. The molecule has 3 aliphatic rings. The minimum atomic E-state index is -0.381. The Kier molecular flexibility index (Phi) is 10.5. The number of carbonyl (C=O) groups excluding carboxylic acids is 3. The van der Waals surface area contributed by atoms with Gasteiger partial charge in [0.25, 0.3) is 11.7 Å². The van der Waals surface area contributed by atoms with E-state index in [1.54, 1.807) is 0 Å². The van der Waals surface area contributed by atoms with E-state index in [1.807, 2.05) is 52.9 Å². The van der Waals surface area contributed by atoms with Crippen LogP contribution in [0.2, 0.25) is 0 Å². The standard InChI is InChI=1S/C49H54N8O4/c1-28-23-33(13-16-38(28)29(2)51-46(60)44-53-47(61-56-44)48(3,4)5)42-40-26-35(27-50-43(40)55-54-42)31-11-14-36(15-12-31)49(6)19-21-57(22-20-49)37-24-34(25-37)30-7-9-32(10-8-30)39-17-18-41(58)52-45(39)59/h7-16,23,26-27,29,34,37,39H,17-22,24-25H2,1-6H3,(H,51,60)(H,50,54,55)(H,52,58,59). The Balaban J connectivity index is 0.809. The number of hydrogen-bond acceptors (Lipinski definition) is 9. The largest absolute Gasteiger partial charge is 0.343 e. The zero-order valence-electron chi connectivity index (χ0n) is 35.8. The van der Waals surface area contributed by atoms with Crippen molar-refractivity contribution in [3.05, 3.63) is 119 Å². The van der Waals surface area contributed by atoms with Crippen molar-refractivity contribution in [1.82, 2.24) is 40.9 Å². The summed E-state index contributed by atoms with van der Waals surface area (Å²) in [6.45, 7) is 14.5. The highest BCUT2D eigenvalue weighted by molar-refractivity contribution is 6.01.